The number of aliphatic hydroxyl groups excluding tert-OH is 1. The molecule has 1 aromatic heterocycles. The summed E-state index contributed by atoms with van der Waals surface area (Å²) in [4.78, 5) is 25.1. The van der Waals surface area contributed by atoms with E-state index in [0.717, 1.165) is 10.4 Å². The number of aryl methyl sites for hydroxylation is 1. The Morgan fingerprint density at radius 2 is 1.96 bits per heavy atom. The van der Waals surface area contributed by atoms with Gasteiger partial charge in [0.2, 0.25) is 0 Å². The van der Waals surface area contributed by atoms with Crippen molar-refractivity contribution < 1.29 is 14.7 Å². The van der Waals surface area contributed by atoms with Crippen molar-refractivity contribution >= 4 is 28.8 Å². The molecule has 2 amide bonds. The fraction of sp³-hybridized carbons (Fsp3) is 0.333. The van der Waals surface area contributed by atoms with Gasteiger partial charge in [0, 0.05) is 23.2 Å². The van der Waals surface area contributed by atoms with Crippen LogP contribution in [0.15, 0.2) is 35.7 Å². The second-order valence-electron chi connectivity index (χ2n) is 5.89. The third kappa shape index (κ3) is 4.43. The lowest BCUT2D eigenvalue weighted by Gasteiger charge is -2.18. The molecule has 1 heterocycles. The molecule has 24 heavy (non-hydrogen) atoms. The van der Waals surface area contributed by atoms with Gasteiger partial charge in [0.25, 0.3) is 0 Å². The highest BCUT2D eigenvalue weighted by atomic mass is 32.1. The summed E-state index contributed by atoms with van der Waals surface area (Å²) in [6, 6.07) is 9.18. The summed E-state index contributed by atoms with van der Waals surface area (Å²) in [5, 5.41) is 16.3. The molecule has 2 aromatic rings. The number of carbonyl (C=O) groups excluding carboxylic acids is 2. The summed E-state index contributed by atoms with van der Waals surface area (Å²) >= 11 is 1.63. The molecular formula is C18H22N2O3S. The number of anilines is 1. The molecule has 0 spiro atoms. The van der Waals surface area contributed by atoms with Crippen LogP contribution >= 0.6 is 11.3 Å². The molecule has 0 fully saturated rings. The van der Waals surface area contributed by atoms with Crippen molar-refractivity contribution in [1.82, 2.24) is 5.32 Å². The van der Waals surface area contributed by atoms with E-state index in [-0.39, 0.29) is 18.6 Å². The minimum atomic E-state index is -0.716. The first-order valence-corrected chi connectivity index (χ1v) is 8.67. The van der Waals surface area contributed by atoms with Crippen LogP contribution in [0.2, 0.25) is 0 Å². The molecule has 1 aromatic carbocycles. The van der Waals surface area contributed by atoms with E-state index in [4.69, 9.17) is 5.11 Å². The SMILES string of the molecule is Cc1ccsc1-c1cccc(NC(=O)C(=O)NC(C)C(C)CO)c1. The average molecular weight is 346 g/mol. The number of amides is 2. The maximum absolute atomic E-state index is 12.0. The van der Waals surface area contributed by atoms with Crippen LogP contribution in [0.4, 0.5) is 5.69 Å². The highest BCUT2D eigenvalue weighted by Crippen LogP contribution is 2.30. The Morgan fingerprint density at radius 1 is 1.21 bits per heavy atom. The van der Waals surface area contributed by atoms with Crippen molar-refractivity contribution in [1.29, 1.82) is 0 Å². The van der Waals surface area contributed by atoms with E-state index in [1.165, 1.54) is 5.56 Å². The van der Waals surface area contributed by atoms with E-state index >= 15 is 0 Å². The molecule has 0 saturated heterocycles. The zero-order valence-corrected chi connectivity index (χ0v) is 14.8. The normalized spacial score (nSPS) is 13.2. The van der Waals surface area contributed by atoms with Gasteiger partial charge in [-0.05, 0) is 54.5 Å². The van der Waals surface area contributed by atoms with Gasteiger partial charge >= 0.3 is 11.8 Å². The molecule has 2 atom stereocenters. The Bertz CT molecular complexity index is 727. The minimum Gasteiger partial charge on any atom is -0.396 e. The van der Waals surface area contributed by atoms with Crippen LogP contribution in [0.3, 0.4) is 0 Å². The molecule has 0 aliphatic rings. The summed E-state index contributed by atoms with van der Waals surface area (Å²) in [7, 11) is 0. The largest absolute Gasteiger partial charge is 0.396 e. The van der Waals surface area contributed by atoms with Gasteiger partial charge in [0.15, 0.2) is 0 Å². The zero-order valence-electron chi connectivity index (χ0n) is 14.0. The van der Waals surface area contributed by atoms with Crippen LogP contribution in [-0.4, -0.2) is 29.6 Å². The molecule has 2 unspecified atom stereocenters. The van der Waals surface area contributed by atoms with Gasteiger partial charge in [-0.2, -0.15) is 0 Å². The molecule has 0 aliphatic carbocycles. The summed E-state index contributed by atoms with van der Waals surface area (Å²) in [6.45, 7) is 5.54. The van der Waals surface area contributed by atoms with Crippen LogP contribution in [0, 0.1) is 12.8 Å². The Morgan fingerprint density at radius 3 is 2.58 bits per heavy atom. The van der Waals surface area contributed by atoms with E-state index < -0.39 is 11.8 Å². The monoisotopic (exact) mass is 346 g/mol. The predicted octanol–water partition coefficient (Wildman–Crippen LogP) is 2.80. The highest BCUT2D eigenvalue weighted by Gasteiger charge is 2.19. The van der Waals surface area contributed by atoms with E-state index in [1.54, 1.807) is 31.3 Å². The molecule has 0 saturated carbocycles. The second-order valence-corrected chi connectivity index (χ2v) is 6.81. The first-order chi connectivity index (χ1) is 11.4. The van der Waals surface area contributed by atoms with Crippen LogP contribution in [0.5, 0.6) is 0 Å². The van der Waals surface area contributed by atoms with Crippen LogP contribution < -0.4 is 10.6 Å². The fourth-order valence-electron chi connectivity index (χ4n) is 2.17. The Kier molecular flexibility index (Phi) is 6.11. The van der Waals surface area contributed by atoms with Gasteiger partial charge in [-0.3, -0.25) is 9.59 Å². The Balaban J connectivity index is 2.04. The fourth-order valence-corrected chi connectivity index (χ4v) is 3.09. The molecule has 3 N–H and O–H groups in total. The number of hydrogen-bond donors (Lipinski definition) is 3. The van der Waals surface area contributed by atoms with Crippen LogP contribution in [0.25, 0.3) is 10.4 Å². The summed E-state index contributed by atoms with van der Waals surface area (Å²) < 4.78 is 0. The first-order valence-electron chi connectivity index (χ1n) is 7.79. The molecule has 0 aliphatic heterocycles. The molecule has 2 rings (SSSR count). The number of aliphatic hydroxyl groups is 1. The van der Waals surface area contributed by atoms with Crippen molar-refractivity contribution in [3.8, 4) is 10.4 Å². The lowest BCUT2D eigenvalue weighted by Crippen LogP contribution is -2.43. The number of hydrogen-bond acceptors (Lipinski definition) is 4. The smallest absolute Gasteiger partial charge is 0.313 e. The first kappa shape index (κ1) is 18.2. The average Bonchev–Trinajstić information content (AvgIpc) is 3.00. The molecule has 0 bridgehead atoms. The lowest BCUT2D eigenvalue weighted by molar-refractivity contribution is -0.136. The van der Waals surface area contributed by atoms with Crippen molar-refractivity contribution in [2.45, 2.75) is 26.8 Å². The van der Waals surface area contributed by atoms with Gasteiger partial charge < -0.3 is 15.7 Å². The van der Waals surface area contributed by atoms with E-state index in [9.17, 15) is 9.59 Å². The van der Waals surface area contributed by atoms with Crippen molar-refractivity contribution in [3.05, 3.63) is 41.3 Å². The quantitative estimate of drug-likeness (QED) is 0.729. The standard InChI is InChI=1S/C18H22N2O3S/c1-11-7-8-24-16(11)14-5-4-6-15(9-14)20-18(23)17(22)19-13(3)12(2)10-21/h4-9,12-13,21H,10H2,1-3H3,(H,19,22)(H,20,23). The topological polar surface area (TPSA) is 78.4 Å². The molecule has 0 radical (unpaired) electrons. The molecule has 6 heteroatoms. The Hall–Kier alpha value is -2.18. The van der Waals surface area contributed by atoms with Crippen molar-refractivity contribution in [2.75, 3.05) is 11.9 Å². The van der Waals surface area contributed by atoms with Crippen molar-refractivity contribution in [2.24, 2.45) is 5.92 Å². The van der Waals surface area contributed by atoms with Gasteiger partial charge in [-0.15, -0.1) is 11.3 Å². The maximum Gasteiger partial charge on any atom is 0.313 e. The number of benzene rings is 1. The van der Waals surface area contributed by atoms with E-state index in [0.29, 0.717) is 5.69 Å². The molecule has 5 nitrogen and oxygen atoms in total. The minimum absolute atomic E-state index is 0.0503. The summed E-state index contributed by atoms with van der Waals surface area (Å²) in [5.74, 6) is -1.54. The molecular weight excluding hydrogens is 324 g/mol. The number of nitrogens with one attached hydrogen (secondary N) is 2. The third-order valence-corrected chi connectivity index (χ3v) is 5.02. The van der Waals surface area contributed by atoms with Crippen LogP contribution in [-0.2, 0) is 9.59 Å². The lowest BCUT2D eigenvalue weighted by atomic mass is 10.1. The van der Waals surface area contributed by atoms with Gasteiger partial charge in [-0.1, -0.05) is 19.1 Å². The van der Waals surface area contributed by atoms with Gasteiger partial charge in [-0.25, -0.2) is 0 Å². The molecule has 128 valence electrons. The third-order valence-electron chi connectivity index (χ3n) is 3.95. The predicted molar refractivity (Wildman–Crippen MR) is 97.0 cm³/mol. The van der Waals surface area contributed by atoms with Crippen LogP contribution in [0.1, 0.15) is 19.4 Å². The van der Waals surface area contributed by atoms with E-state index in [2.05, 4.69) is 10.6 Å². The Labute approximate surface area is 145 Å². The van der Waals surface area contributed by atoms with Gasteiger partial charge in [0.1, 0.15) is 0 Å². The number of thiophene rings is 1. The summed E-state index contributed by atoms with van der Waals surface area (Å²) in [6.07, 6.45) is 0. The van der Waals surface area contributed by atoms with E-state index in [1.807, 2.05) is 36.6 Å². The van der Waals surface area contributed by atoms with Gasteiger partial charge in [0.05, 0.1) is 0 Å². The summed E-state index contributed by atoms with van der Waals surface area (Å²) in [5.41, 5.74) is 2.75. The number of rotatable bonds is 5. The maximum atomic E-state index is 12.0. The zero-order chi connectivity index (χ0) is 17.7. The second kappa shape index (κ2) is 8.08. The van der Waals surface area contributed by atoms with Crippen molar-refractivity contribution in [3.63, 3.8) is 0 Å². The highest BCUT2D eigenvalue weighted by molar-refractivity contribution is 7.13. The number of carbonyl (C=O) groups is 2.